The van der Waals surface area contributed by atoms with Crippen molar-refractivity contribution in [1.82, 2.24) is 0 Å². The molecule has 0 saturated heterocycles. The normalized spacial score (nSPS) is 11.4. The van der Waals surface area contributed by atoms with E-state index < -0.39 is 23.6 Å². The van der Waals surface area contributed by atoms with Crippen LogP contribution in [0.4, 0.5) is 5.69 Å². The monoisotopic (exact) mass is 311 g/mol. The van der Waals surface area contributed by atoms with Gasteiger partial charge in [0.15, 0.2) is 18.1 Å². The fourth-order valence-electron chi connectivity index (χ4n) is 1.66. The van der Waals surface area contributed by atoms with Gasteiger partial charge in [-0.2, -0.15) is 0 Å². The maximum absolute atomic E-state index is 11.4. The number of aliphatic hydroxyl groups is 1. The number of nitro groups is 1. The Morgan fingerprint density at radius 2 is 2.18 bits per heavy atom. The number of nitrogens with zero attached hydrogens (tertiary/aromatic N) is 1. The predicted octanol–water partition coefficient (Wildman–Crippen LogP) is 1.76. The summed E-state index contributed by atoms with van der Waals surface area (Å²) in [5.41, 5.74) is -0.242. The Balaban J connectivity index is 3.03. The highest BCUT2D eigenvalue weighted by molar-refractivity contribution is 5.71. The first kappa shape index (κ1) is 17.4. The number of benzene rings is 1. The molecule has 0 aliphatic heterocycles. The van der Waals surface area contributed by atoms with Gasteiger partial charge in [0.2, 0.25) is 0 Å². The molecule has 1 atom stereocenters. The van der Waals surface area contributed by atoms with E-state index in [1.54, 1.807) is 0 Å². The average molecular weight is 311 g/mol. The summed E-state index contributed by atoms with van der Waals surface area (Å²) >= 11 is 0. The molecule has 8 heteroatoms. The number of carbonyl (C=O) groups is 1. The van der Waals surface area contributed by atoms with E-state index in [1.165, 1.54) is 26.2 Å². The molecule has 0 bridgehead atoms. The van der Waals surface area contributed by atoms with E-state index in [0.717, 1.165) is 6.07 Å². The van der Waals surface area contributed by atoms with E-state index in [9.17, 15) is 20.0 Å². The lowest BCUT2D eigenvalue weighted by molar-refractivity contribution is -0.386. The largest absolute Gasteiger partial charge is 0.493 e. The molecule has 0 aromatic heterocycles. The van der Waals surface area contributed by atoms with Crippen molar-refractivity contribution in [1.29, 1.82) is 0 Å². The average Bonchev–Trinajstić information content (AvgIpc) is 2.49. The highest BCUT2D eigenvalue weighted by Gasteiger charge is 2.23. The highest BCUT2D eigenvalue weighted by atomic mass is 16.6. The van der Waals surface area contributed by atoms with Crippen molar-refractivity contribution in [3.8, 4) is 11.5 Å². The number of rotatable bonds is 8. The molecular weight excluding hydrogens is 294 g/mol. The Morgan fingerprint density at radius 3 is 2.68 bits per heavy atom. The van der Waals surface area contributed by atoms with Gasteiger partial charge in [-0.1, -0.05) is 12.7 Å². The highest BCUT2D eigenvalue weighted by Crippen LogP contribution is 2.37. The van der Waals surface area contributed by atoms with E-state index in [2.05, 4.69) is 6.58 Å². The molecule has 1 aromatic rings. The molecule has 0 radical (unpaired) electrons. The van der Waals surface area contributed by atoms with Crippen LogP contribution in [-0.2, 0) is 9.53 Å². The summed E-state index contributed by atoms with van der Waals surface area (Å²) in [6.45, 7) is 4.40. The van der Waals surface area contributed by atoms with E-state index >= 15 is 0 Å². The van der Waals surface area contributed by atoms with Gasteiger partial charge in [-0.15, -0.1) is 0 Å². The molecule has 0 heterocycles. The van der Waals surface area contributed by atoms with Gasteiger partial charge in [-0.05, 0) is 13.0 Å². The maximum Gasteiger partial charge on any atom is 0.344 e. The second kappa shape index (κ2) is 7.99. The summed E-state index contributed by atoms with van der Waals surface area (Å²) in [6, 6.07) is 2.40. The maximum atomic E-state index is 11.4. The Morgan fingerprint density at radius 1 is 1.50 bits per heavy atom. The molecule has 0 fully saturated rings. The Hall–Kier alpha value is -2.61. The molecule has 1 N–H and O–H groups in total. The van der Waals surface area contributed by atoms with Gasteiger partial charge >= 0.3 is 5.97 Å². The van der Waals surface area contributed by atoms with Crippen molar-refractivity contribution in [2.45, 2.75) is 13.0 Å². The minimum absolute atomic E-state index is 0.00848. The molecule has 1 aromatic carbocycles. The van der Waals surface area contributed by atoms with Crippen LogP contribution in [-0.4, -0.2) is 36.3 Å². The zero-order chi connectivity index (χ0) is 16.7. The molecule has 0 amide bonds. The van der Waals surface area contributed by atoms with Crippen molar-refractivity contribution in [2.75, 3.05) is 20.3 Å². The quantitative estimate of drug-likeness (QED) is 0.337. The minimum Gasteiger partial charge on any atom is -0.493 e. The first-order valence-corrected chi connectivity index (χ1v) is 6.34. The number of carbonyl (C=O) groups excluding carboxylic acids is 1. The summed E-state index contributed by atoms with van der Waals surface area (Å²) in [7, 11) is 1.34. The van der Waals surface area contributed by atoms with E-state index in [1.807, 2.05) is 0 Å². The van der Waals surface area contributed by atoms with E-state index in [0.29, 0.717) is 0 Å². The second-order valence-electron chi connectivity index (χ2n) is 4.26. The first-order valence-electron chi connectivity index (χ1n) is 6.34. The van der Waals surface area contributed by atoms with E-state index in [-0.39, 0.29) is 29.4 Å². The second-order valence-corrected chi connectivity index (χ2v) is 4.26. The standard InChI is InChI=1S/C14H17NO7/c1-4-5-21-14(17)8-22-13-7-11(15(18)19)10(9(2)16)6-12(13)20-3/h4,6-7,9,16H,1,5,8H2,2-3H3. The zero-order valence-corrected chi connectivity index (χ0v) is 12.3. The molecule has 0 spiro atoms. The van der Waals surface area contributed by atoms with Crippen molar-refractivity contribution < 1.29 is 29.0 Å². The molecule has 0 saturated carbocycles. The van der Waals surface area contributed by atoms with Crippen LogP contribution in [0.25, 0.3) is 0 Å². The van der Waals surface area contributed by atoms with Crippen LogP contribution in [0.5, 0.6) is 11.5 Å². The summed E-state index contributed by atoms with van der Waals surface area (Å²) in [5, 5.41) is 20.6. The van der Waals surface area contributed by atoms with Gasteiger partial charge in [0, 0.05) is 0 Å². The number of nitro benzene ring substituents is 1. The third kappa shape index (κ3) is 4.45. The molecule has 1 rings (SSSR count). The molecule has 22 heavy (non-hydrogen) atoms. The molecule has 0 aliphatic carbocycles. The number of hydrogen-bond acceptors (Lipinski definition) is 7. The van der Waals surface area contributed by atoms with Crippen LogP contribution in [0.1, 0.15) is 18.6 Å². The number of aliphatic hydroxyl groups excluding tert-OH is 1. The smallest absolute Gasteiger partial charge is 0.344 e. The summed E-state index contributed by atoms with van der Waals surface area (Å²) in [5.74, 6) is -0.476. The summed E-state index contributed by atoms with van der Waals surface area (Å²) in [4.78, 5) is 21.8. The minimum atomic E-state index is -1.05. The fraction of sp³-hybridized carbons (Fsp3) is 0.357. The Kier molecular flexibility index (Phi) is 6.33. The van der Waals surface area contributed by atoms with Gasteiger partial charge in [0.1, 0.15) is 6.61 Å². The molecular formula is C14H17NO7. The Bertz CT molecular complexity index is 569. The number of ether oxygens (including phenoxy) is 3. The van der Waals surface area contributed by atoms with Crippen LogP contribution in [0, 0.1) is 10.1 Å². The molecule has 8 nitrogen and oxygen atoms in total. The van der Waals surface area contributed by atoms with Gasteiger partial charge in [-0.3, -0.25) is 10.1 Å². The van der Waals surface area contributed by atoms with Crippen molar-refractivity contribution >= 4 is 11.7 Å². The Labute approximate surface area is 127 Å². The lowest BCUT2D eigenvalue weighted by Crippen LogP contribution is -2.15. The van der Waals surface area contributed by atoms with Gasteiger partial charge < -0.3 is 19.3 Å². The van der Waals surface area contributed by atoms with Gasteiger partial charge in [0.25, 0.3) is 5.69 Å². The molecule has 120 valence electrons. The molecule has 1 unspecified atom stereocenters. The number of methoxy groups -OCH3 is 1. The number of hydrogen-bond donors (Lipinski definition) is 1. The first-order chi connectivity index (χ1) is 10.4. The van der Waals surface area contributed by atoms with Crippen LogP contribution in [0.15, 0.2) is 24.8 Å². The summed E-state index contributed by atoms with van der Waals surface area (Å²) < 4.78 is 15.0. The van der Waals surface area contributed by atoms with Crippen LogP contribution >= 0.6 is 0 Å². The zero-order valence-electron chi connectivity index (χ0n) is 12.3. The molecule has 0 aliphatic rings. The lowest BCUT2D eigenvalue weighted by atomic mass is 10.1. The lowest BCUT2D eigenvalue weighted by Gasteiger charge is -2.13. The van der Waals surface area contributed by atoms with Gasteiger partial charge in [0.05, 0.1) is 29.8 Å². The fourth-order valence-corrected chi connectivity index (χ4v) is 1.66. The van der Waals surface area contributed by atoms with E-state index in [4.69, 9.17) is 14.2 Å². The van der Waals surface area contributed by atoms with Crippen molar-refractivity contribution in [3.63, 3.8) is 0 Å². The van der Waals surface area contributed by atoms with Crippen molar-refractivity contribution in [2.24, 2.45) is 0 Å². The summed E-state index contributed by atoms with van der Waals surface area (Å²) in [6.07, 6.45) is 0.349. The predicted molar refractivity (Wildman–Crippen MR) is 76.9 cm³/mol. The third-order valence-corrected chi connectivity index (χ3v) is 2.67. The number of esters is 1. The van der Waals surface area contributed by atoms with Crippen LogP contribution in [0.2, 0.25) is 0 Å². The van der Waals surface area contributed by atoms with Gasteiger partial charge in [-0.25, -0.2) is 4.79 Å². The van der Waals surface area contributed by atoms with Crippen LogP contribution in [0.3, 0.4) is 0 Å². The SMILES string of the molecule is C=CCOC(=O)COc1cc([N+](=O)[O-])c(C(C)O)cc1OC. The topological polar surface area (TPSA) is 108 Å². The van der Waals surface area contributed by atoms with Crippen LogP contribution < -0.4 is 9.47 Å². The van der Waals surface area contributed by atoms with Crippen molar-refractivity contribution in [3.05, 3.63) is 40.5 Å². The third-order valence-electron chi connectivity index (χ3n) is 2.67.